The smallest absolute Gasteiger partial charge is 0.416 e. The van der Waals surface area contributed by atoms with Gasteiger partial charge in [-0.05, 0) is 48.7 Å². The number of carbonyl (C=O) groups excluding carboxylic acids is 2. The number of nitrogens with zero attached hydrogens (tertiary/aromatic N) is 1. The van der Waals surface area contributed by atoms with E-state index in [1.54, 1.807) is 31.2 Å². The first-order valence-electron chi connectivity index (χ1n) is 11.2. The third kappa shape index (κ3) is 6.06. The van der Waals surface area contributed by atoms with E-state index in [-0.39, 0.29) is 18.2 Å². The molecule has 0 aromatic heterocycles. The quantitative estimate of drug-likeness (QED) is 0.579. The second-order valence-electron chi connectivity index (χ2n) is 8.19. The highest BCUT2D eigenvalue weighted by molar-refractivity contribution is 6.01. The first kappa shape index (κ1) is 24.6. The molecule has 1 unspecified atom stereocenters. The Balaban J connectivity index is 2.09. The molecule has 0 saturated heterocycles. The molecule has 1 aliphatic carbocycles. The summed E-state index contributed by atoms with van der Waals surface area (Å²) in [7, 11) is 1.48. The maximum Gasteiger partial charge on any atom is 0.416 e. The van der Waals surface area contributed by atoms with Gasteiger partial charge in [0.15, 0.2) is 0 Å². The van der Waals surface area contributed by atoms with Crippen LogP contribution in [0.15, 0.2) is 48.5 Å². The molecular weight excluding hydrogens is 433 g/mol. The topological polar surface area (TPSA) is 58.6 Å². The molecule has 1 atom stereocenters. The lowest BCUT2D eigenvalue weighted by Crippen LogP contribution is -2.47. The van der Waals surface area contributed by atoms with E-state index in [1.807, 2.05) is 0 Å². The van der Waals surface area contributed by atoms with Gasteiger partial charge in [0.05, 0.1) is 12.7 Å². The Morgan fingerprint density at radius 3 is 2.42 bits per heavy atom. The predicted octanol–water partition coefficient (Wildman–Crippen LogP) is 5.65. The molecule has 2 aromatic carbocycles. The zero-order chi connectivity index (χ0) is 24.0. The molecule has 3 rings (SSSR count). The van der Waals surface area contributed by atoms with Gasteiger partial charge in [0.1, 0.15) is 11.8 Å². The van der Waals surface area contributed by atoms with Crippen molar-refractivity contribution in [3.63, 3.8) is 0 Å². The average Bonchev–Trinajstić information content (AvgIpc) is 2.82. The highest BCUT2D eigenvalue weighted by Gasteiger charge is 2.36. The van der Waals surface area contributed by atoms with Crippen molar-refractivity contribution in [2.75, 3.05) is 12.0 Å². The number of halogens is 3. The van der Waals surface area contributed by atoms with Crippen molar-refractivity contribution in [2.24, 2.45) is 0 Å². The summed E-state index contributed by atoms with van der Waals surface area (Å²) in [4.78, 5) is 27.8. The fourth-order valence-electron chi connectivity index (χ4n) is 4.20. The van der Waals surface area contributed by atoms with E-state index in [0.29, 0.717) is 11.3 Å². The fraction of sp³-hybridized carbons (Fsp3) is 0.440. The number of benzene rings is 2. The maximum absolute atomic E-state index is 13.6. The lowest BCUT2D eigenvalue weighted by atomic mass is 9.94. The standard InChI is InChI=1S/C25H29F3N2O3/c1-3-22(31)30(20-13-8-10-18(16-20)25(26,27)28)23(17-9-7-14-21(15-17)33-2)24(32)29-19-11-5-4-6-12-19/h7-10,13-16,19,23H,3-6,11-12H2,1-2H3,(H,29,32). The lowest BCUT2D eigenvalue weighted by Gasteiger charge is -2.33. The van der Waals surface area contributed by atoms with Gasteiger partial charge in [-0.25, -0.2) is 0 Å². The Morgan fingerprint density at radius 2 is 1.79 bits per heavy atom. The van der Waals surface area contributed by atoms with Gasteiger partial charge >= 0.3 is 6.18 Å². The van der Waals surface area contributed by atoms with Crippen LogP contribution >= 0.6 is 0 Å². The van der Waals surface area contributed by atoms with Crippen molar-refractivity contribution >= 4 is 17.5 Å². The zero-order valence-corrected chi connectivity index (χ0v) is 18.8. The molecule has 8 heteroatoms. The van der Waals surface area contributed by atoms with Crippen LogP contribution in [0.2, 0.25) is 0 Å². The van der Waals surface area contributed by atoms with Gasteiger partial charge in [-0.15, -0.1) is 0 Å². The third-order valence-corrected chi connectivity index (χ3v) is 5.89. The lowest BCUT2D eigenvalue weighted by molar-refractivity contribution is -0.137. The molecule has 178 valence electrons. The number of ether oxygens (including phenoxy) is 1. The number of hydrogen-bond acceptors (Lipinski definition) is 3. The summed E-state index contributed by atoms with van der Waals surface area (Å²) >= 11 is 0. The maximum atomic E-state index is 13.6. The molecule has 1 saturated carbocycles. The largest absolute Gasteiger partial charge is 0.497 e. The molecule has 33 heavy (non-hydrogen) atoms. The van der Waals surface area contributed by atoms with Crippen molar-refractivity contribution in [3.8, 4) is 5.75 Å². The molecule has 0 bridgehead atoms. The van der Waals surface area contributed by atoms with Crippen molar-refractivity contribution in [2.45, 2.75) is 63.7 Å². The van der Waals surface area contributed by atoms with Gasteiger partial charge < -0.3 is 10.1 Å². The minimum atomic E-state index is -4.58. The second-order valence-corrected chi connectivity index (χ2v) is 8.19. The van der Waals surface area contributed by atoms with E-state index in [0.717, 1.165) is 44.2 Å². The molecule has 2 aromatic rings. The SMILES string of the molecule is CCC(=O)N(c1cccc(C(F)(F)F)c1)C(C(=O)NC1CCCCC1)c1cccc(OC)c1. The summed E-state index contributed by atoms with van der Waals surface area (Å²) in [6.45, 7) is 1.62. The molecule has 0 spiro atoms. The van der Waals surface area contributed by atoms with Crippen LogP contribution in [0.4, 0.5) is 18.9 Å². The van der Waals surface area contributed by atoms with Crippen LogP contribution in [-0.2, 0) is 15.8 Å². The van der Waals surface area contributed by atoms with Crippen LogP contribution in [-0.4, -0.2) is 25.0 Å². The number of nitrogens with one attached hydrogen (secondary N) is 1. The number of carbonyl (C=O) groups is 2. The predicted molar refractivity (Wildman–Crippen MR) is 120 cm³/mol. The number of rotatable bonds is 7. The Bertz CT molecular complexity index is 971. The second kappa shape index (κ2) is 10.7. The molecular formula is C25H29F3N2O3. The van der Waals surface area contributed by atoms with Gasteiger partial charge in [-0.2, -0.15) is 13.2 Å². The average molecular weight is 463 g/mol. The minimum absolute atomic E-state index is 0.0169. The summed E-state index contributed by atoms with van der Waals surface area (Å²) in [6.07, 6.45) is 0.222. The monoisotopic (exact) mass is 462 g/mol. The minimum Gasteiger partial charge on any atom is -0.497 e. The Morgan fingerprint density at radius 1 is 1.09 bits per heavy atom. The molecule has 1 aliphatic rings. The van der Waals surface area contributed by atoms with Crippen LogP contribution in [0.3, 0.4) is 0 Å². The number of alkyl halides is 3. The number of anilines is 1. The summed E-state index contributed by atoms with van der Waals surface area (Å²) < 4.78 is 45.5. The van der Waals surface area contributed by atoms with Gasteiger partial charge in [0.2, 0.25) is 11.8 Å². The number of hydrogen-bond donors (Lipinski definition) is 1. The van der Waals surface area contributed by atoms with E-state index in [4.69, 9.17) is 4.74 Å². The molecule has 1 N–H and O–H groups in total. The highest BCUT2D eigenvalue weighted by Crippen LogP contribution is 2.35. The molecule has 0 radical (unpaired) electrons. The summed E-state index contributed by atoms with van der Waals surface area (Å²) in [5, 5.41) is 3.03. The van der Waals surface area contributed by atoms with Gasteiger partial charge in [-0.3, -0.25) is 14.5 Å². The van der Waals surface area contributed by atoms with Crippen LogP contribution in [0.1, 0.15) is 62.6 Å². The summed E-state index contributed by atoms with van der Waals surface area (Å²) in [6, 6.07) is 10.1. The van der Waals surface area contributed by atoms with Crippen LogP contribution in [0.25, 0.3) is 0 Å². The van der Waals surface area contributed by atoms with Gasteiger partial charge in [0.25, 0.3) is 0 Å². The van der Waals surface area contributed by atoms with Crippen LogP contribution in [0, 0.1) is 0 Å². The Labute approximate surface area is 191 Å². The van der Waals surface area contributed by atoms with Crippen molar-refractivity contribution in [1.29, 1.82) is 0 Å². The van der Waals surface area contributed by atoms with Gasteiger partial charge in [0, 0.05) is 18.2 Å². The van der Waals surface area contributed by atoms with E-state index in [1.165, 1.54) is 24.1 Å². The van der Waals surface area contributed by atoms with Crippen molar-refractivity contribution in [3.05, 3.63) is 59.7 Å². The Hall–Kier alpha value is -3.03. The summed E-state index contributed by atoms with van der Waals surface area (Å²) in [5.41, 5.74) is -0.406. The zero-order valence-electron chi connectivity index (χ0n) is 18.8. The fourth-order valence-corrected chi connectivity index (χ4v) is 4.20. The van der Waals surface area contributed by atoms with E-state index < -0.39 is 29.6 Å². The third-order valence-electron chi connectivity index (χ3n) is 5.89. The van der Waals surface area contributed by atoms with E-state index >= 15 is 0 Å². The van der Waals surface area contributed by atoms with Crippen LogP contribution < -0.4 is 15.0 Å². The Kier molecular flexibility index (Phi) is 8.00. The van der Waals surface area contributed by atoms with E-state index in [2.05, 4.69) is 5.32 Å². The van der Waals surface area contributed by atoms with Crippen LogP contribution in [0.5, 0.6) is 5.75 Å². The summed E-state index contributed by atoms with van der Waals surface area (Å²) in [5.74, 6) is -0.397. The molecule has 0 heterocycles. The van der Waals surface area contributed by atoms with E-state index in [9.17, 15) is 22.8 Å². The molecule has 5 nitrogen and oxygen atoms in total. The first-order chi connectivity index (χ1) is 15.7. The number of methoxy groups -OCH3 is 1. The molecule has 0 aliphatic heterocycles. The number of amides is 2. The molecule has 2 amide bonds. The highest BCUT2D eigenvalue weighted by atomic mass is 19.4. The van der Waals surface area contributed by atoms with Crippen molar-refractivity contribution < 1.29 is 27.5 Å². The first-order valence-corrected chi connectivity index (χ1v) is 11.2. The van der Waals surface area contributed by atoms with Gasteiger partial charge in [-0.1, -0.05) is 44.4 Å². The normalized spacial score (nSPS) is 15.5. The molecule has 1 fully saturated rings. The van der Waals surface area contributed by atoms with Crippen molar-refractivity contribution in [1.82, 2.24) is 5.32 Å².